The number of nitrogens with two attached hydrogens (primary N) is 1. The lowest BCUT2D eigenvalue weighted by atomic mass is 10.4. The van der Waals surface area contributed by atoms with E-state index in [0.717, 1.165) is 16.8 Å². The number of likely N-dealkylation sites (N-methyl/N-ethyl adjacent to an activating group) is 1. The smallest absolute Gasteiger partial charge is 0.148 e. The predicted octanol–water partition coefficient (Wildman–Crippen LogP) is 1.68. The van der Waals surface area contributed by atoms with Crippen LogP contribution < -0.4 is 10.6 Å². The molecule has 1 aromatic heterocycles. The molecule has 0 fully saturated rings. The summed E-state index contributed by atoms with van der Waals surface area (Å²) in [6.07, 6.45) is 1.70. The summed E-state index contributed by atoms with van der Waals surface area (Å²) in [5.41, 5.74) is 5.68. The molecule has 90 valence electrons. The van der Waals surface area contributed by atoms with Gasteiger partial charge in [-0.25, -0.2) is 9.97 Å². The Morgan fingerprint density at radius 1 is 1.50 bits per heavy atom. The average Bonchev–Trinajstić information content (AvgIpc) is 2.21. The van der Waals surface area contributed by atoms with Gasteiger partial charge in [-0.2, -0.15) is 0 Å². The van der Waals surface area contributed by atoms with Crippen LogP contribution >= 0.6 is 15.9 Å². The molecule has 0 aliphatic rings. The number of anilines is 2. The average molecular weight is 289 g/mol. The fourth-order valence-electron chi connectivity index (χ4n) is 1.17. The first-order valence-electron chi connectivity index (χ1n) is 5.11. The van der Waals surface area contributed by atoms with Crippen molar-refractivity contribution in [1.29, 1.82) is 0 Å². The molecule has 1 rings (SSSR count). The Morgan fingerprint density at radius 2 is 2.19 bits per heavy atom. The Morgan fingerprint density at radius 3 is 2.81 bits per heavy atom. The first kappa shape index (κ1) is 13.2. The Hall–Kier alpha value is -0.880. The van der Waals surface area contributed by atoms with Gasteiger partial charge in [-0.3, -0.25) is 0 Å². The highest BCUT2D eigenvalue weighted by Crippen LogP contribution is 2.26. The second kappa shape index (κ2) is 6.00. The fraction of sp³-hybridized carbons (Fsp3) is 0.600. The summed E-state index contributed by atoms with van der Waals surface area (Å²) in [5.74, 6) is 1.22. The van der Waals surface area contributed by atoms with E-state index in [4.69, 9.17) is 10.5 Å². The zero-order valence-electron chi connectivity index (χ0n) is 9.77. The van der Waals surface area contributed by atoms with Crippen molar-refractivity contribution in [1.82, 2.24) is 9.97 Å². The molecule has 6 heteroatoms. The molecule has 16 heavy (non-hydrogen) atoms. The molecular weight excluding hydrogens is 272 g/mol. The number of ether oxygens (including phenoxy) is 1. The third-order valence-electron chi connectivity index (χ3n) is 2.04. The SMILES string of the molecule is CC(C)OCCN(C)c1ncnc(N)c1Br. The summed E-state index contributed by atoms with van der Waals surface area (Å²) in [6.45, 7) is 5.44. The molecular formula is C10H17BrN4O. The molecule has 0 spiro atoms. The summed E-state index contributed by atoms with van der Waals surface area (Å²) < 4.78 is 6.20. The van der Waals surface area contributed by atoms with Gasteiger partial charge in [0, 0.05) is 13.6 Å². The van der Waals surface area contributed by atoms with Crippen molar-refractivity contribution < 1.29 is 4.74 Å². The second-order valence-corrected chi connectivity index (χ2v) is 4.53. The van der Waals surface area contributed by atoms with E-state index in [1.54, 1.807) is 0 Å². The summed E-state index contributed by atoms with van der Waals surface area (Å²) in [4.78, 5) is 10.0. The van der Waals surface area contributed by atoms with Crippen LogP contribution in [0.2, 0.25) is 0 Å². The molecule has 2 N–H and O–H groups in total. The molecule has 0 aliphatic heterocycles. The van der Waals surface area contributed by atoms with E-state index in [1.165, 1.54) is 6.33 Å². The Balaban J connectivity index is 2.59. The number of nitrogen functional groups attached to an aromatic ring is 1. The van der Waals surface area contributed by atoms with E-state index in [9.17, 15) is 0 Å². The number of aromatic nitrogens is 2. The lowest BCUT2D eigenvalue weighted by molar-refractivity contribution is 0.0845. The Labute approximate surface area is 104 Å². The van der Waals surface area contributed by atoms with Crippen molar-refractivity contribution in [3.8, 4) is 0 Å². The molecule has 1 aromatic rings. The van der Waals surface area contributed by atoms with Gasteiger partial charge >= 0.3 is 0 Å². The predicted molar refractivity (Wildman–Crippen MR) is 68.5 cm³/mol. The summed E-state index contributed by atoms with van der Waals surface area (Å²) in [7, 11) is 1.94. The van der Waals surface area contributed by atoms with Gasteiger partial charge in [-0.1, -0.05) is 0 Å². The van der Waals surface area contributed by atoms with Crippen molar-refractivity contribution in [3.05, 3.63) is 10.8 Å². The van der Waals surface area contributed by atoms with Crippen LogP contribution in [0.5, 0.6) is 0 Å². The summed E-state index contributed by atoms with van der Waals surface area (Å²) >= 11 is 3.37. The standard InChI is InChI=1S/C10H17BrN4O/c1-7(2)16-5-4-15(3)10-8(11)9(12)13-6-14-10/h6-7H,4-5H2,1-3H3,(H2,12,13,14). The Kier molecular flexibility index (Phi) is 4.95. The van der Waals surface area contributed by atoms with E-state index in [-0.39, 0.29) is 6.10 Å². The van der Waals surface area contributed by atoms with Gasteiger partial charge in [0.15, 0.2) is 0 Å². The lowest BCUT2D eigenvalue weighted by Gasteiger charge is -2.20. The van der Waals surface area contributed by atoms with Crippen LogP contribution in [0.25, 0.3) is 0 Å². The minimum Gasteiger partial charge on any atom is -0.383 e. The van der Waals surface area contributed by atoms with Crippen LogP contribution in [-0.2, 0) is 4.74 Å². The van der Waals surface area contributed by atoms with Crippen molar-refractivity contribution in [2.45, 2.75) is 20.0 Å². The first-order chi connectivity index (χ1) is 7.52. The highest BCUT2D eigenvalue weighted by Gasteiger charge is 2.10. The minimum absolute atomic E-state index is 0.243. The third-order valence-corrected chi connectivity index (χ3v) is 2.80. The van der Waals surface area contributed by atoms with Crippen molar-refractivity contribution in [3.63, 3.8) is 0 Å². The minimum atomic E-state index is 0.243. The fourth-order valence-corrected chi connectivity index (χ4v) is 1.68. The zero-order valence-corrected chi connectivity index (χ0v) is 11.4. The van der Waals surface area contributed by atoms with Crippen molar-refractivity contribution in [2.75, 3.05) is 30.8 Å². The molecule has 0 saturated heterocycles. The number of rotatable bonds is 5. The molecule has 0 radical (unpaired) electrons. The van der Waals surface area contributed by atoms with E-state index < -0.39 is 0 Å². The molecule has 0 atom stereocenters. The monoisotopic (exact) mass is 288 g/mol. The first-order valence-corrected chi connectivity index (χ1v) is 5.90. The van der Waals surface area contributed by atoms with Gasteiger partial charge in [-0.05, 0) is 29.8 Å². The topological polar surface area (TPSA) is 64.3 Å². The number of hydrogen-bond acceptors (Lipinski definition) is 5. The summed E-state index contributed by atoms with van der Waals surface area (Å²) in [5, 5.41) is 0. The molecule has 0 unspecified atom stereocenters. The van der Waals surface area contributed by atoms with Gasteiger partial charge in [-0.15, -0.1) is 0 Å². The maximum Gasteiger partial charge on any atom is 0.148 e. The van der Waals surface area contributed by atoms with Crippen LogP contribution in [0.3, 0.4) is 0 Å². The normalized spacial score (nSPS) is 10.8. The molecule has 0 amide bonds. The lowest BCUT2D eigenvalue weighted by Crippen LogP contribution is -2.25. The van der Waals surface area contributed by atoms with Gasteiger partial charge in [0.05, 0.1) is 12.7 Å². The Bertz CT molecular complexity index is 346. The third kappa shape index (κ3) is 3.61. The number of halogens is 1. The maximum absolute atomic E-state index is 5.68. The van der Waals surface area contributed by atoms with Gasteiger partial charge < -0.3 is 15.4 Å². The highest BCUT2D eigenvalue weighted by atomic mass is 79.9. The largest absolute Gasteiger partial charge is 0.383 e. The molecule has 0 aromatic carbocycles. The van der Waals surface area contributed by atoms with Crippen molar-refractivity contribution >= 4 is 27.6 Å². The van der Waals surface area contributed by atoms with Crippen molar-refractivity contribution in [2.24, 2.45) is 0 Å². The number of hydrogen-bond donors (Lipinski definition) is 1. The molecule has 0 bridgehead atoms. The van der Waals surface area contributed by atoms with E-state index in [2.05, 4.69) is 25.9 Å². The van der Waals surface area contributed by atoms with E-state index in [0.29, 0.717) is 12.4 Å². The van der Waals surface area contributed by atoms with Gasteiger partial charge in [0.2, 0.25) is 0 Å². The van der Waals surface area contributed by atoms with E-state index in [1.807, 2.05) is 25.8 Å². The van der Waals surface area contributed by atoms with E-state index >= 15 is 0 Å². The zero-order chi connectivity index (χ0) is 12.1. The summed E-state index contributed by atoms with van der Waals surface area (Å²) in [6, 6.07) is 0. The van der Waals surface area contributed by atoms with Gasteiger partial charge in [0.25, 0.3) is 0 Å². The van der Waals surface area contributed by atoms with Crippen LogP contribution in [0.4, 0.5) is 11.6 Å². The quantitative estimate of drug-likeness (QED) is 0.893. The second-order valence-electron chi connectivity index (χ2n) is 3.74. The van der Waals surface area contributed by atoms with Gasteiger partial charge in [0.1, 0.15) is 22.4 Å². The molecule has 5 nitrogen and oxygen atoms in total. The molecule has 0 saturated carbocycles. The maximum atomic E-state index is 5.68. The number of nitrogens with zero attached hydrogens (tertiary/aromatic N) is 3. The molecule has 1 heterocycles. The van der Waals surface area contributed by atoms with Crippen LogP contribution in [0.15, 0.2) is 10.8 Å². The molecule has 0 aliphatic carbocycles. The highest BCUT2D eigenvalue weighted by molar-refractivity contribution is 9.10. The van der Waals surface area contributed by atoms with Crippen LogP contribution in [0, 0.1) is 0 Å². The van der Waals surface area contributed by atoms with Crippen LogP contribution in [-0.4, -0.2) is 36.3 Å². The van der Waals surface area contributed by atoms with Crippen LogP contribution in [0.1, 0.15) is 13.8 Å².